The van der Waals surface area contributed by atoms with E-state index in [0.29, 0.717) is 0 Å². The highest BCUT2D eigenvalue weighted by molar-refractivity contribution is 5.79. The maximum absolute atomic E-state index is 2.30. The zero-order valence-electron chi connectivity index (χ0n) is 18.5. The predicted molar refractivity (Wildman–Crippen MR) is 138 cm³/mol. The van der Waals surface area contributed by atoms with Crippen LogP contribution in [-0.2, 0) is 0 Å². The lowest BCUT2D eigenvalue weighted by Gasteiger charge is -2.11. The van der Waals surface area contributed by atoms with Gasteiger partial charge in [0, 0.05) is 0 Å². The Kier molecular flexibility index (Phi) is 5.44. The second-order valence-electron chi connectivity index (χ2n) is 8.37. The van der Waals surface area contributed by atoms with Crippen LogP contribution in [0.15, 0.2) is 121 Å². The second kappa shape index (κ2) is 8.69. The lowest BCUT2D eigenvalue weighted by atomic mass is 9.93. The van der Waals surface area contributed by atoms with Crippen LogP contribution < -0.4 is 0 Å². The SMILES string of the molecule is Cc1ccccc1-c1cccc(-c2cccc(-c3cccc(-c4ccccc4C)c3)c2)c1. The van der Waals surface area contributed by atoms with Gasteiger partial charge in [-0.05, 0) is 87.7 Å². The first-order chi connectivity index (χ1) is 15.7. The van der Waals surface area contributed by atoms with Crippen LogP contribution in [0.2, 0.25) is 0 Å². The smallest absolute Gasteiger partial charge is 0.0155 e. The van der Waals surface area contributed by atoms with Crippen LogP contribution >= 0.6 is 0 Å². The number of rotatable bonds is 4. The molecule has 0 spiro atoms. The molecule has 0 radical (unpaired) electrons. The minimum atomic E-state index is 1.24. The normalized spacial score (nSPS) is 10.8. The largest absolute Gasteiger partial charge is 0.0620 e. The summed E-state index contributed by atoms with van der Waals surface area (Å²) >= 11 is 0. The lowest BCUT2D eigenvalue weighted by molar-refractivity contribution is 1.45. The molecule has 0 nitrogen and oxygen atoms in total. The van der Waals surface area contributed by atoms with Gasteiger partial charge in [0.2, 0.25) is 0 Å². The summed E-state index contributed by atoms with van der Waals surface area (Å²) in [5.74, 6) is 0. The molecule has 0 amide bonds. The van der Waals surface area contributed by atoms with Gasteiger partial charge >= 0.3 is 0 Å². The fourth-order valence-corrected chi connectivity index (χ4v) is 4.40. The molecule has 5 rings (SSSR count). The quantitative estimate of drug-likeness (QED) is 0.277. The maximum atomic E-state index is 2.30. The Bertz CT molecular complexity index is 1290. The summed E-state index contributed by atoms with van der Waals surface area (Å²) < 4.78 is 0. The molecule has 0 fully saturated rings. The van der Waals surface area contributed by atoms with Crippen LogP contribution in [-0.4, -0.2) is 0 Å². The van der Waals surface area contributed by atoms with Crippen LogP contribution in [0.5, 0.6) is 0 Å². The molecule has 0 aliphatic heterocycles. The Morgan fingerprint density at radius 1 is 0.312 bits per heavy atom. The van der Waals surface area contributed by atoms with Crippen LogP contribution in [0.25, 0.3) is 44.5 Å². The van der Waals surface area contributed by atoms with Gasteiger partial charge in [-0.25, -0.2) is 0 Å². The van der Waals surface area contributed by atoms with Crippen LogP contribution in [0.3, 0.4) is 0 Å². The summed E-state index contributed by atoms with van der Waals surface area (Å²) in [6.07, 6.45) is 0. The van der Waals surface area contributed by atoms with Crippen molar-refractivity contribution in [1.29, 1.82) is 0 Å². The molecule has 0 N–H and O–H groups in total. The first-order valence-corrected chi connectivity index (χ1v) is 11.1. The highest BCUT2D eigenvalue weighted by atomic mass is 14.1. The molecule has 0 aromatic heterocycles. The zero-order valence-corrected chi connectivity index (χ0v) is 18.5. The first-order valence-electron chi connectivity index (χ1n) is 11.1. The first kappa shape index (κ1) is 20.0. The van der Waals surface area contributed by atoms with Gasteiger partial charge in [-0.2, -0.15) is 0 Å². The fraction of sp³-hybridized carbons (Fsp3) is 0.0625. The number of aryl methyl sites for hydroxylation is 2. The van der Waals surface area contributed by atoms with Gasteiger partial charge in [-0.3, -0.25) is 0 Å². The molecular formula is C32H26. The molecule has 0 heteroatoms. The van der Waals surface area contributed by atoms with E-state index in [1.165, 1.54) is 55.6 Å². The molecule has 0 saturated heterocycles. The third-order valence-corrected chi connectivity index (χ3v) is 6.17. The summed E-state index contributed by atoms with van der Waals surface area (Å²) in [5, 5.41) is 0. The average Bonchev–Trinajstić information content (AvgIpc) is 2.85. The molecule has 0 unspecified atom stereocenters. The van der Waals surface area contributed by atoms with Gasteiger partial charge in [-0.1, -0.05) is 103 Å². The Balaban J connectivity index is 1.53. The van der Waals surface area contributed by atoms with Gasteiger partial charge in [0.15, 0.2) is 0 Å². The minimum Gasteiger partial charge on any atom is -0.0620 e. The molecule has 0 aliphatic carbocycles. The van der Waals surface area contributed by atoms with Crippen molar-refractivity contribution in [3.63, 3.8) is 0 Å². The molecule has 0 atom stereocenters. The van der Waals surface area contributed by atoms with E-state index >= 15 is 0 Å². The van der Waals surface area contributed by atoms with E-state index in [4.69, 9.17) is 0 Å². The summed E-state index contributed by atoms with van der Waals surface area (Å²) in [6.45, 7) is 4.34. The molecular weight excluding hydrogens is 384 g/mol. The molecule has 154 valence electrons. The standard InChI is InChI=1S/C32H26/c1-23-10-3-5-18-31(23)29-16-8-14-27(21-29)25-12-7-13-26(20-25)28-15-9-17-30(22-28)32-19-6-4-11-24(32)2/h3-22H,1-2H3. The van der Waals surface area contributed by atoms with E-state index in [-0.39, 0.29) is 0 Å². The molecule has 0 heterocycles. The van der Waals surface area contributed by atoms with Crippen LogP contribution in [0.4, 0.5) is 0 Å². The Hall–Kier alpha value is -3.90. The second-order valence-corrected chi connectivity index (χ2v) is 8.37. The predicted octanol–water partition coefficient (Wildman–Crippen LogP) is 8.97. The molecule has 0 bridgehead atoms. The maximum Gasteiger partial charge on any atom is -0.0155 e. The van der Waals surface area contributed by atoms with E-state index < -0.39 is 0 Å². The van der Waals surface area contributed by atoms with Crippen molar-refractivity contribution in [3.8, 4) is 44.5 Å². The van der Waals surface area contributed by atoms with E-state index in [2.05, 4.69) is 135 Å². The van der Waals surface area contributed by atoms with E-state index in [1.54, 1.807) is 0 Å². The van der Waals surface area contributed by atoms with Crippen molar-refractivity contribution in [1.82, 2.24) is 0 Å². The highest BCUT2D eigenvalue weighted by Crippen LogP contribution is 2.32. The number of benzene rings is 5. The van der Waals surface area contributed by atoms with E-state index in [9.17, 15) is 0 Å². The third kappa shape index (κ3) is 4.00. The highest BCUT2D eigenvalue weighted by Gasteiger charge is 2.07. The van der Waals surface area contributed by atoms with Crippen LogP contribution in [0, 0.1) is 13.8 Å². The molecule has 0 aliphatic rings. The van der Waals surface area contributed by atoms with Gasteiger partial charge < -0.3 is 0 Å². The zero-order chi connectivity index (χ0) is 21.9. The van der Waals surface area contributed by atoms with E-state index in [1.807, 2.05) is 0 Å². The molecule has 5 aromatic carbocycles. The van der Waals surface area contributed by atoms with Crippen molar-refractivity contribution in [2.24, 2.45) is 0 Å². The number of hydrogen-bond donors (Lipinski definition) is 0. The van der Waals surface area contributed by atoms with Gasteiger partial charge in [0.25, 0.3) is 0 Å². The molecule has 32 heavy (non-hydrogen) atoms. The molecule has 0 saturated carbocycles. The molecule has 5 aromatic rings. The fourth-order valence-electron chi connectivity index (χ4n) is 4.40. The number of hydrogen-bond acceptors (Lipinski definition) is 0. The Morgan fingerprint density at radius 3 is 1.00 bits per heavy atom. The summed E-state index contributed by atoms with van der Waals surface area (Å²) in [5.41, 5.74) is 12.6. The lowest BCUT2D eigenvalue weighted by Crippen LogP contribution is -1.86. The van der Waals surface area contributed by atoms with Crippen molar-refractivity contribution in [2.75, 3.05) is 0 Å². The van der Waals surface area contributed by atoms with Crippen molar-refractivity contribution in [3.05, 3.63) is 132 Å². The monoisotopic (exact) mass is 410 g/mol. The Morgan fingerprint density at radius 2 is 0.625 bits per heavy atom. The van der Waals surface area contributed by atoms with Crippen molar-refractivity contribution < 1.29 is 0 Å². The summed E-state index contributed by atoms with van der Waals surface area (Å²) in [4.78, 5) is 0. The minimum absolute atomic E-state index is 1.24. The van der Waals surface area contributed by atoms with Crippen LogP contribution in [0.1, 0.15) is 11.1 Å². The van der Waals surface area contributed by atoms with Gasteiger partial charge in [-0.15, -0.1) is 0 Å². The summed E-state index contributed by atoms with van der Waals surface area (Å²) in [7, 11) is 0. The average molecular weight is 411 g/mol. The van der Waals surface area contributed by atoms with Crippen molar-refractivity contribution >= 4 is 0 Å². The van der Waals surface area contributed by atoms with Gasteiger partial charge in [0.1, 0.15) is 0 Å². The Labute approximate surface area is 190 Å². The third-order valence-electron chi connectivity index (χ3n) is 6.17. The van der Waals surface area contributed by atoms with E-state index in [0.717, 1.165) is 0 Å². The van der Waals surface area contributed by atoms with Gasteiger partial charge in [0.05, 0.1) is 0 Å². The summed E-state index contributed by atoms with van der Waals surface area (Å²) in [6, 6.07) is 43.7. The topological polar surface area (TPSA) is 0 Å². The van der Waals surface area contributed by atoms with Crippen molar-refractivity contribution in [2.45, 2.75) is 13.8 Å².